The Kier molecular flexibility index (Phi) is 7.32. The second-order valence-electron chi connectivity index (χ2n) is 7.88. The molecule has 0 bridgehead atoms. The number of nitro benzene ring substituents is 1. The number of nitrogens with zero attached hydrogens (tertiary/aromatic N) is 5. The number of hydrogen-bond donors (Lipinski definition) is 1. The number of carbonyl (C=O) groups excluding carboxylic acids is 1. The molecule has 2 heterocycles. The van der Waals surface area contributed by atoms with E-state index in [4.69, 9.17) is 14.2 Å². The Morgan fingerprint density at radius 3 is 2.49 bits per heavy atom. The first-order valence-corrected chi connectivity index (χ1v) is 11.1. The van der Waals surface area contributed by atoms with E-state index in [1.54, 1.807) is 24.3 Å². The summed E-state index contributed by atoms with van der Waals surface area (Å²) in [5, 5.41) is 18.3. The molecule has 2 aromatic carbocycles. The lowest BCUT2D eigenvalue weighted by Gasteiger charge is -2.14. The van der Waals surface area contributed by atoms with E-state index < -0.39 is 4.92 Å². The molecule has 4 aromatic rings. The predicted molar refractivity (Wildman–Crippen MR) is 132 cm³/mol. The lowest BCUT2D eigenvalue weighted by molar-refractivity contribution is -0.384. The van der Waals surface area contributed by atoms with Crippen LogP contribution in [0.2, 0.25) is 0 Å². The van der Waals surface area contributed by atoms with Gasteiger partial charge < -0.3 is 19.5 Å². The molecule has 37 heavy (non-hydrogen) atoms. The summed E-state index contributed by atoms with van der Waals surface area (Å²) >= 11 is 0. The zero-order valence-electron chi connectivity index (χ0n) is 20.3. The average Bonchev–Trinajstić information content (AvgIpc) is 3.33. The molecule has 192 valence electrons. The lowest BCUT2D eigenvalue weighted by atomic mass is 10.1. The van der Waals surface area contributed by atoms with Crippen LogP contribution < -0.4 is 25.1 Å². The first kappa shape index (κ1) is 25.2. The SMILES string of the molecule is COc1cc(C(=O)NCCn2ncc3c(=O)n(Cc4cccc([N+](=O)[O-])c4)cnc32)cc(OC)c1OC. The zero-order valence-corrected chi connectivity index (χ0v) is 20.3. The van der Waals surface area contributed by atoms with Crippen molar-refractivity contribution in [3.8, 4) is 17.2 Å². The van der Waals surface area contributed by atoms with Gasteiger partial charge in [0.1, 0.15) is 11.7 Å². The number of methoxy groups -OCH3 is 3. The molecule has 0 atom stereocenters. The smallest absolute Gasteiger partial charge is 0.269 e. The summed E-state index contributed by atoms with van der Waals surface area (Å²) in [5.41, 5.74) is 0.897. The molecule has 1 N–H and O–H groups in total. The quantitative estimate of drug-likeness (QED) is 0.250. The largest absolute Gasteiger partial charge is 0.493 e. The Balaban J connectivity index is 1.46. The molecule has 0 aliphatic carbocycles. The van der Waals surface area contributed by atoms with Crippen LogP contribution in [0.4, 0.5) is 5.69 Å². The Morgan fingerprint density at radius 2 is 1.84 bits per heavy atom. The Bertz CT molecular complexity index is 1500. The van der Waals surface area contributed by atoms with E-state index >= 15 is 0 Å². The van der Waals surface area contributed by atoms with Crippen molar-refractivity contribution in [3.05, 3.63) is 80.5 Å². The van der Waals surface area contributed by atoms with E-state index in [1.807, 2.05) is 0 Å². The maximum atomic E-state index is 12.9. The van der Waals surface area contributed by atoms with Crippen molar-refractivity contribution in [2.45, 2.75) is 13.1 Å². The van der Waals surface area contributed by atoms with Crippen LogP contribution in [0.1, 0.15) is 15.9 Å². The maximum absolute atomic E-state index is 12.9. The van der Waals surface area contributed by atoms with Gasteiger partial charge in [0.25, 0.3) is 17.2 Å². The van der Waals surface area contributed by atoms with Gasteiger partial charge in [0.15, 0.2) is 17.1 Å². The number of non-ortho nitro benzene ring substituents is 1. The third kappa shape index (κ3) is 5.19. The number of nitrogens with one attached hydrogen (secondary N) is 1. The van der Waals surface area contributed by atoms with Gasteiger partial charge >= 0.3 is 0 Å². The van der Waals surface area contributed by atoms with Crippen LogP contribution in [0, 0.1) is 10.1 Å². The minimum Gasteiger partial charge on any atom is -0.493 e. The van der Waals surface area contributed by atoms with Gasteiger partial charge in [0.05, 0.1) is 45.5 Å². The van der Waals surface area contributed by atoms with Gasteiger partial charge in [0, 0.05) is 24.2 Å². The summed E-state index contributed by atoms with van der Waals surface area (Å²) in [7, 11) is 4.41. The van der Waals surface area contributed by atoms with Crippen LogP contribution in [0.15, 0.2) is 53.7 Å². The molecule has 1 amide bonds. The molecule has 13 nitrogen and oxygen atoms in total. The number of fused-ring (bicyclic) bond motifs is 1. The number of rotatable bonds is 10. The van der Waals surface area contributed by atoms with E-state index in [9.17, 15) is 19.7 Å². The molecule has 0 radical (unpaired) electrons. The number of benzene rings is 2. The Hall–Kier alpha value is -4.94. The van der Waals surface area contributed by atoms with E-state index in [0.29, 0.717) is 39.4 Å². The third-order valence-electron chi connectivity index (χ3n) is 5.63. The predicted octanol–water partition coefficient (Wildman–Crippen LogP) is 2.01. The fourth-order valence-electron chi connectivity index (χ4n) is 3.83. The van der Waals surface area contributed by atoms with E-state index in [2.05, 4.69) is 15.4 Å². The molecule has 0 unspecified atom stereocenters. The summed E-state index contributed by atoms with van der Waals surface area (Å²) in [6.45, 7) is 0.602. The topological polar surface area (TPSA) is 153 Å². The summed E-state index contributed by atoms with van der Waals surface area (Å²) in [4.78, 5) is 40.5. The summed E-state index contributed by atoms with van der Waals surface area (Å²) < 4.78 is 18.7. The molecule has 0 saturated heterocycles. The molecule has 0 saturated carbocycles. The maximum Gasteiger partial charge on any atom is 0.269 e. The first-order chi connectivity index (χ1) is 17.9. The number of hydrogen-bond acceptors (Lipinski definition) is 9. The van der Waals surface area contributed by atoms with Crippen molar-refractivity contribution in [1.82, 2.24) is 24.6 Å². The van der Waals surface area contributed by atoms with Crippen molar-refractivity contribution >= 4 is 22.6 Å². The second kappa shape index (κ2) is 10.8. The highest BCUT2D eigenvalue weighted by Crippen LogP contribution is 2.38. The van der Waals surface area contributed by atoms with Crippen LogP contribution in [0.25, 0.3) is 11.0 Å². The van der Waals surface area contributed by atoms with Crippen molar-refractivity contribution < 1.29 is 23.9 Å². The van der Waals surface area contributed by atoms with Gasteiger partial charge in [-0.1, -0.05) is 12.1 Å². The third-order valence-corrected chi connectivity index (χ3v) is 5.63. The van der Waals surface area contributed by atoms with Gasteiger partial charge in [-0.25, -0.2) is 9.67 Å². The molecule has 2 aromatic heterocycles. The Labute approximate surface area is 210 Å². The van der Waals surface area contributed by atoms with Gasteiger partial charge in [-0.05, 0) is 17.7 Å². The Morgan fingerprint density at radius 1 is 1.11 bits per heavy atom. The van der Waals surface area contributed by atoms with Gasteiger partial charge in [-0.3, -0.25) is 24.3 Å². The van der Waals surface area contributed by atoms with Crippen molar-refractivity contribution in [2.75, 3.05) is 27.9 Å². The van der Waals surface area contributed by atoms with Crippen LogP contribution in [-0.4, -0.2) is 58.0 Å². The van der Waals surface area contributed by atoms with Gasteiger partial charge in [0.2, 0.25) is 5.75 Å². The van der Waals surface area contributed by atoms with Crippen molar-refractivity contribution in [2.24, 2.45) is 0 Å². The highest BCUT2D eigenvalue weighted by atomic mass is 16.6. The van der Waals surface area contributed by atoms with Gasteiger partial charge in [-0.15, -0.1) is 0 Å². The summed E-state index contributed by atoms with van der Waals surface area (Å²) in [5.74, 6) is 0.737. The lowest BCUT2D eigenvalue weighted by Crippen LogP contribution is -2.28. The molecular formula is C24H24N6O7. The van der Waals surface area contributed by atoms with Crippen LogP contribution in [0.3, 0.4) is 0 Å². The number of nitro groups is 1. The van der Waals surface area contributed by atoms with Crippen LogP contribution in [-0.2, 0) is 13.1 Å². The molecule has 0 spiro atoms. The minimum atomic E-state index is -0.488. The highest BCUT2D eigenvalue weighted by Gasteiger charge is 2.17. The second-order valence-corrected chi connectivity index (χ2v) is 7.88. The standard InChI is InChI=1S/C24H24N6O7/c1-35-19-10-16(11-20(36-2)21(19)37-3)23(31)25-7-8-29-22-18(12-27-29)24(32)28(14-26-22)13-15-5-4-6-17(9-15)30(33)34/h4-6,9-12,14H,7-8,13H2,1-3H3,(H,25,31). The fraction of sp³-hybridized carbons (Fsp3) is 0.250. The van der Waals surface area contributed by atoms with E-state index in [1.165, 1.54) is 55.2 Å². The van der Waals surface area contributed by atoms with E-state index in [-0.39, 0.29) is 36.8 Å². The zero-order chi connectivity index (χ0) is 26.5. The molecule has 0 fully saturated rings. The van der Waals surface area contributed by atoms with Crippen molar-refractivity contribution in [3.63, 3.8) is 0 Å². The van der Waals surface area contributed by atoms with Crippen LogP contribution >= 0.6 is 0 Å². The van der Waals surface area contributed by atoms with E-state index in [0.717, 1.165) is 0 Å². The first-order valence-electron chi connectivity index (χ1n) is 11.1. The molecule has 13 heteroatoms. The number of aromatic nitrogens is 4. The molecule has 0 aliphatic heterocycles. The summed E-state index contributed by atoms with van der Waals surface area (Å²) in [6.07, 6.45) is 2.78. The van der Waals surface area contributed by atoms with Crippen LogP contribution in [0.5, 0.6) is 17.2 Å². The normalized spacial score (nSPS) is 10.8. The highest BCUT2D eigenvalue weighted by molar-refractivity contribution is 5.95. The molecular weight excluding hydrogens is 484 g/mol. The average molecular weight is 508 g/mol. The summed E-state index contributed by atoms with van der Waals surface area (Å²) in [6, 6.07) is 9.16. The number of carbonyl (C=O) groups is 1. The monoisotopic (exact) mass is 508 g/mol. The molecule has 0 aliphatic rings. The number of amides is 1. The fourth-order valence-corrected chi connectivity index (χ4v) is 3.83. The van der Waals surface area contributed by atoms with Crippen molar-refractivity contribution in [1.29, 1.82) is 0 Å². The minimum absolute atomic E-state index is 0.0546. The number of ether oxygens (including phenoxy) is 3. The molecule has 4 rings (SSSR count). The van der Waals surface area contributed by atoms with Gasteiger partial charge in [-0.2, -0.15) is 5.10 Å².